The lowest BCUT2D eigenvalue weighted by Gasteiger charge is -2.35. The summed E-state index contributed by atoms with van der Waals surface area (Å²) >= 11 is 0. The summed E-state index contributed by atoms with van der Waals surface area (Å²) in [7, 11) is 0. The zero-order valence-electron chi connectivity index (χ0n) is 12.8. The Morgan fingerprint density at radius 3 is 2.55 bits per heavy atom. The average molecular weight is 285 g/mol. The van der Waals surface area contributed by atoms with E-state index in [4.69, 9.17) is 9.47 Å². The summed E-state index contributed by atoms with van der Waals surface area (Å²) in [5.74, 6) is 0.233. The predicted octanol–water partition coefficient (Wildman–Crippen LogP) is 2.17. The minimum Gasteiger partial charge on any atom is -0.444 e. The van der Waals surface area contributed by atoms with Crippen LogP contribution in [0.15, 0.2) is 0 Å². The number of amides is 1. The summed E-state index contributed by atoms with van der Waals surface area (Å²) in [5.41, 5.74) is -0.492. The summed E-state index contributed by atoms with van der Waals surface area (Å²) in [4.78, 5) is 13.9. The second kappa shape index (κ2) is 6.31. The zero-order chi connectivity index (χ0) is 14.8. The van der Waals surface area contributed by atoms with Crippen molar-refractivity contribution < 1.29 is 19.4 Å². The van der Waals surface area contributed by atoms with Crippen LogP contribution in [0.4, 0.5) is 4.79 Å². The third-order valence-corrected chi connectivity index (χ3v) is 4.07. The van der Waals surface area contributed by atoms with Crippen molar-refractivity contribution in [1.82, 2.24) is 4.90 Å². The number of aliphatic hydroxyl groups is 1. The molecule has 2 fully saturated rings. The molecule has 0 aromatic carbocycles. The molecule has 5 heteroatoms. The van der Waals surface area contributed by atoms with Gasteiger partial charge in [0.2, 0.25) is 0 Å². The van der Waals surface area contributed by atoms with E-state index >= 15 is 0 Å². The molecule has 116 valence electrons. The van der Waals surface area contributed by atoms with Crippen LogP contribution >= 0.6 is 0 Å². The Kier molecular flexibility index (Phi) is 4.91. The number of rotatable bonds is 2. The molecule has 0 aromatic rings. The van der Waals surface area contributed by atoms with E-state index in [0.717, 1.165) is 25.7 Å². The maximum atomic E-state index is 12.2. The molecule has 2 aliphatic rings. The predicted molar refractivity (Wildman–Crippen MR) is 75.5 cm³/mol. The van der Waals surface area contributed by atoms with Crippen molar-refractivity contribution in [3.63, 3.8) is 0 Å². The van der Waals surface area contributed by atoms with Gasteiger partial charge in [-0.2, -0.15) is 0 Å². The van der Waals surface area contributed by atoms with Gasteiger partial charge in [0.25, 0.3) is 0 Å². The molecule has 0 aromatic heterocycles. The summed E-state index contributed by atoms with van der Waals surface area (Å²) in [6.07, 6.45) is 2.78. The van der Waals surface area contributed by atoms with E-state index in [1.54, 1.807) is 4.90 Å². The fourth-order valence-electron chi connectivity index (χ4n) is 3.07. The van der Waals surface area contributed by atoms with Gasteiger partial charge in [0.1, 0.15) is 5.60 Å². The first kappa shape index (κ1) is 15.6. The van der Waals surface area contributed by atoms with Crippen molar-refractivity contribution in [2.24, 2.45) is 5.92 Å². The van der Waals surface area contributed by atoms with Gasteiger partial charge in [0, 0.05) is 19.8 Å². The molecule has 1 amide bonds. The van der Waals surface area contributed by atoms with E-state index in [2.05, 4.69) is 0 Å². The first-order valence-corrected chi connectivity index (χ1v) is 7.64. The smallest absolute Gasteiger partial charge is 0.410 e. The number of likely N-dealkylation sites (tertiary alicyclic amines) is 1. The van der Waals surface area contributed by atoms with Gasteiger partial charge in [-0.1, -0.05) is 0 Å². The van der Waals surface area contributed by atoms with Crippen LogP contribution in [0.3, 0.4) is 0 Å². The van der Waals surface area contributed by atoms with Gasteiger partial charge in [-0.25, -0.2) is 4.79 Å². The molecule has 0 spiro atoms. The molecule has 1 N–H and O–H groups in total. The number of carbonyl (C=O) groups is 1. The van der Waals surface area contributed by atoms with Gasteiger partial charge in [0.05, 0.1) is 12.1 Å². The number of carbonyl (C=O) groups excluding carboxylic acids is 1. The first-order valence-electron chi connectivity index (χ1n) is 7.64. The molecule has 5 nitrogen and oxygen atoms in total. The molecule has 2 heterocycles. The standard InChI is InChI=1S/C15H27NO4/c1-15(2,3)20-14(18)16-8-4-5-12(16)13(17)11-6-9-19-10-7-11/h11-13,17H,4-10H2,1-3H3/t12-,13?/m1/s1. The lowest BCUT2D eigenvalue weighted by molar-refractivity contribution is -0.0342. The molecule has 0 radical (unpaired) electrons. The van der Waals surface area contributed by atoms with Gasteiger partial charge < -0.3 is 19.5 Å². The monoisotopic (exact) mass is 285 g/mol. The van der Waals surface area contributed by atoms with Crippen molar-refractivity contribution in [1.29, 1.82) is 0 Å². The molecule has 20 heavy (non-hydrogen) atoms. The Morgan fingerprint density at radius 2 is 1.95 bits per heavy atom. The number of hydrogen-bond donors (Lipinski definition) is 1. The highest BCUT2D eigenvalue weighted by Crippen LogP contribution is 2.30. The van der Waals surface area contributed by atoms with Crippen molar-refractivity contribution >= 4 is 6.09 Å². The van der Waals surface area contributed by atoms with Crippen LogP contribution in [-0.2, 0) is 9.47 Å². The minimum atomic E-state index is -0.492. The SMILES string of the molecule is CC(C)(C)OC(=O)N1CCC[C@@H]1C(O)C1CCOCC1. The zero-order valence-corrected chi connectivity index (χ0v) is 12.8. The molecule has 2 atom stereocenters. The van der Waals surface area contributed by atoms with Crippen molar-refractivity contribution in [2.75, 3.05) is 19.8 Å². The van der Waals surface area contributed by atoms with Crippen LogP contribution in [0, 0.1) is 5.92 Å². The Balaban J connectivity index is 1.97. The highest BCUT2D eigenvalue weighted by molar-refractivity contribution is 5.69. The maximum Gasteiger partial charge on any atom is 0.410 e. The first-order chi connectivity index (χ1) is 9.38. The average Bonchev–Trinajstić information content (AvgIpc) is 2.86. The van der Waals surface area contributed by atoms with Crippen molar-refractivity contribution in [3.05, 3.63) is 0 Å². The van der Waals surface area contributed by atoms with Gasteiger partial charge in [-0.05, 0) is 52.4 Å². The van der Waals surface area contributed by atoms with E-state index in [0.29, 0.717) is 19.8 Å². The highest BCUT2D eigenvalue weighted by Gasteiger charge is 2.39. The quantitative estimate of drug-likeness (QED) is 0.845. The molecule has 0 bridgehead atoms. The van der Waals surface area contributed by atoms with E-state index in [1.165, 1.54) is 0 Å². The van der Waals surface area contributed by atoms with E-state index in [9.17, 15) is 9.90 Å². The summed E-state index contributed by atoms with van der Waals surface area (Å²) in [6.45, 7) is 7.70. The van der Waals surface area contributed by atoms with Crippen LogP contribution in [0.5, 0.6) is 0 Å². The number of hydrogen-bond acceptors (Lipinski definition) is 4. The number of nitrogens with zero attached hydrogens (tertiary/aromatic N) is 1. The molecular weight excluding hydrogens is 258 g/mol. The molecule has 2 saturated heterocycles. The summed E-state index contributed by atoms with van der Waals surface area (Å²) < 4.78 is 10.8. The third-order valence-electron chi connectivity index (χ3n) is 4.07. The highest BCUT2D eigenvalue weighted by atomic mass is 16.6. The van der Waals surface area contributed by atoms with E-state index in [-0.39, 0.29) is 18.1 Å². The molecule has 2 aliphatic heterocycles. The molecule has 0 saturated carbocycles. The van der Waals surface area contributed by atoms with Gasteiger partial charge >= 0.3 is 6.09 Å². The second-order valence-electron chi connectivity index (χ2n) is 6.82. The fraction of sp³-hybridized carbons (Fsp3) is 0.933. The Bertz CT molecular complexity index is 333. The summed E-state index contributed by atoms with van der Waals surface area (Å²) in [5, 5.41) is 10.6. The van der Waals surface area contributed by atoms with Crippen LogP contribution in [-0.4, -0.2) is 53.6 Å². The fourth-order valence-corrected chi connectivity index (χ4v) is 3.07. The molecule has 0 aliphatic carbocycles. The number of ether oxygens (including phenoxy) is 2. The maximum absolute atomic E-state index is 12.2. The Morgan fingerprint density at radius 1 is 1.30 bits per heavy atom. The van der Waals surface area contributed by atoms with Crippen LogP contribution in [0.25, 0.3) is 0 Å². The minimum absolute atomic E-state index is 0.104. The van der Waals surface area contributed by atoms with E-state index < -0.39 is 11.7 Å². The van der Waals surface area contributed by atoms with Gasteiger partial charge in [-0.3, -0.25) is 0 Å². The largest absolute Gasteiger partial charge is 0.444 e. The summed E-state index contributed by atoms with van der Waals surface area (Å²) in [6, 6.07) is -0.104. The van der Waals surface area contributed by atoms with E-state index in [1.807, 2.05) is 20.8 Å². The molecule has 2 rings (SSSR count). The Hall–Kier alpha value is -0.810. The van der Waals surface area contributed by atoms with Crippen LogP contribution in [0.2, 0.25) is 0 Å². The molecular formula is C15H27NO4. The lowest BCUT2D eigenvalue weighted by atomic mass is 9.88. The van der Waals surface area contributed by atoms with Crippen molar-refractivity contribution in [3.8, 4) is 0 Å². The van der Waals surface area contributed by atoms with Crippen molar-refractivity contribution in [2.45, 2.75) is 64.2 Å². The van der Waals surface area contributed by atoms with Gasteiger partial charge in [0.15, 0.2) is 0 Å². The topological polar surface area (TPSA) is 59.0 Å². The van der Waals surface area contributed by atoms with Crippen LogP contribution < -0.4 is 0 Å². The lowest BCUT2D eigenvalue weighted by Crippen LogP contribution is -2.48. The normalized spacial score (nSPS) is 26.6. The molecule has 1 unspecified atom stereocenters. The van der Waals surface area contributed by atoms with Gasteiger partial charge in [-0.15, -0.1) is 0 Å². The Labute approximate surface area is 121 Å². The third kappa shape index (κ3) is 3.85. The van der Waals surface area contributed by atoms with Crippen LogP contribution in [0.1, 0.15) is 46.5 Å². The second-order valence-corrected chi connectivity index (χ2v) is 6.82. The number of aliphatic hydroxyl groups excluding tert-OH is 1.